The Morgan fingerprint density at radius 1 is 1.40 bits per heavy atom. The fourth-order valence-corrected chi connectivity index (χ4v) is 1.52. The Morgan fingerprint density at radius 3 is 2.85 bits per heavy atom. The largest absolute Gasteiger partial charge is 0.433 e. The second-order valence-electron chi connectivity index (χ2n) is 3.92. The molecule has 0 spiro atoms. The number of anilines is 1. The predicted octanol–water partition coefficient (Wildman–Crippen LogP) is 2.71. The summed E-state index contributed by atoms with van der Waals surface area (Å²) in [5.41, 5.74) is 1.22. The standard InChI is InChI=1S/C13H11N3O4/c1-9(17)15-11-6-7-14-10(8-11)2-3-12-4-5-13(20-12)16(18)19/h2-8H,1H3,(H,14,15,17). The maximum absolute atomic E-state index is 10.9. The zero-order chi connectivity index (χ0) is 14.5. The molecular formula is C13H11N3O4. The number of hydrogen-bond donors (Lipinski definition) is 1. The van der Waals surface area contributed by atoms with Gasteiger partial charge in [0.2, 0.25) is 5.91 Å². The number of nitrogens with zero attached hydrogens (tertiary/aromatic N) is 2. The van der Waals surface area contributed by atoms with Gasteiger partial charge in [0.15, 0.2) is 0 Å². The summed E-state index contributed by atoms with van der Waals surface area (Å²) < 4.78 is 4.98. The van der Waals surface area contributed by atoms with Crippen molar-refractivity contribution in [3.63, 3.8) is 0 Å². The molecule has 2 rings (SSSR count). The van der Waals surface area contributed by atoms with Gasteiger partial charge in [0, 0.05) is 18.8 Å². The molecule has 0 saturated carbocycles. The minimum absolute atomic E-state index is 0.173. The average Bonchev–Trinajstić information content (AvgIpc) is 2.85. The van der Waals surface area contributed by atoms with E-state index in [4.69, 9.17) is 4.42 Å². The van der Waals surface area contributed by atoms with E-state index < -0.39 is 4.92 Å². The van der Waals surface area contributed by atoms with Crippen LogP contribution in [0.25, 0.3) is 12.2 Å². The van der Waals surface area contributed by atoms with Crippen molar-refractivity contribution < 1.29 is 14.1 Å². The Bertz CT molecular complexity index is 676. The maximum Gasteiger partial charge on any atom is 0.433 e. The SMILES string of the molecule is CC(=O)Nc1ccnc(C=Cc2ccc([N+](=O)[O-])o2)c1. The third kappa shape index (κ3) is 3.52. The molecular weight excluding hydrogens is 262 g/mol. The van der Waals surface area contributed by atoms with Crippen molar-refractivity contribution in [2.24, 2.45) is 0 Å². The molecule has 0 bridgehead atoms. The van der Waals surface area contributed by atoms with Crippen molar-refractivity contribution in [1.29, 1.82) is 0 Å². The molecule has 2 aromatic rings. The predicted molar refractivity (Wildman–Crippen MR) is 72.8 cm³/mol. The fourth-order valence-electron chi connectivity index (χ4n) is 1.52. The first-order valence-corrected chi connectivity index (χ1v) is 5.70. The maximum atomic E-state index is 10.9. The summed E-state index contributed by atoms with van der Waals surface area (Å²) in [5.74, 6) is -0.138. The van der Waals surface area contributed by atoms with E-state index in [2.05, 4.69) is 10.3 Å². The van der Waals surface area contributed by atoms with Crippen LogP contribution in [-0.4, -0.2) is 15.8 Å². The molecule has 0 radical (unpaired) electrons. The van der Waals surface area contributed by atoms with Crippen LogP contribution in [0.15, 0.2) is 34.9 Å². The van der Waals surface area contributed by atoms with Gasteiger partial charge in [-0.05, 0) is 30.4 Å². The van der Waals surface area contributed by atoms with Gasteiger partial charge in [-0.15, -0.1) is 0 Å². The number of aromatic nitrogens is 1. The highest BCUT2D eigenvalue weighted by atomic mass is 16.6. The van der Waals surface area contributed by atoms with Crippen molar-refractivity contribution in [1.82, 2.24) is 4.98 Å². The Hall–Kier alpha value is -2.96. The molecule has 0 aliphatic heterocycles. The van der Waals surface area contributed by atoms with Crippen LogP contribution < -0.4 is 5.32 Å². The van der Waals surface area contributed by atoms with Crippen LogP contribution in [0.3, 0.4) is 0 Å². The summed E-state index contributed by atoms with van der Waals surface area (Å²) in [7, 11) is 0. The van der Waals surface area contributed by atoms with E-state index in [0.29, 0.717) is 17.1 Å². The van der Waals surface area contributed by atoms with Crippen LogP contribution in [0.4, 0.5) is 11.6 Å². The highest BCUT2D eigenvalue weighted by Gasteiger charge is 2.09. The molecule has 0 aliphatic carbocycles. The van der Waals surface area contributed by atoms with E-state index in [1.54, 1.807) is 30.5 Å². The second-order valence-corrected chi connectivity index (χ2v) is 3.92. The summed E-state index contributed by atoms with van der Waals surface area (Å²) in [6.45, 7) is 1.41. The smallest absolute Gasteiger partial charge is 0.401 e. The van der Waals surface area contributed by atoms with Gasteiger partial charge in [0.25, 0.3) is 0 Å². The summed E-state index contributed by atoms with van der Waals surface area (Å²) in [4.78, 5) is 24.9. The summed E-state index contributed by atoms with van der Waals surface area (Å²) in [5, 5.41) is 13.1. The van der Waals surface area contributed by atoms with Gasteiger partial charge in [-0.25, -0.2) is 0 Å². The zero-order valence-electron chi connectivity index (χ0n) is 10.6. The molecule has 1 N–H and O–H groups in total. The lowest BCUT2D eigenvalue weighted by Gasteiger charge is -2.01. The highest BCUT2D eigenvalue weighted by Crippen LogP contribution is 2.18. The Morgan fingerprint density at radius 2 is 2.20 bits per heavy atom. The number of hydrogen-bond acceptors (Lipinski definition) is 5. The molecule has 0 aliphatic rings. The van der Waals surface area contributed by atoms with Crippen LogP contribution >= 0.6 is 0 Å². The fraction of sp³-hybridized carbons (Fsp3) is 0.0769. The normalized spacial score (nSPS) is 10.7. The summed E-state index contributed by atoms with van der Waals surface area (Å²) in [6.07, 6.45) is 4.75. The van der Waals surface area contributed by atoms with Gasteiger partial charge in [-0.1, -0.05) is 0 Å². The minimum Gasteiger partial charge on any atom is -0.401 e. The molecule has 7 heteroatoms. The summed E-state index contributed by atoms with van der Waals surface area (Å²) in [6, 6.07) is 6.11. The van der Waals surface area contributed by atoms with Crippen LogP contribution in [-0.2, 0) is 4.79 Å². The van der Waals surface area contributed by atoms with Crippen LogP contribution in [0.5, 0.6) is 0 Å². The van der Waals surface area contributed by atoms with E-state index in [-0.39, 0.29) is 11.8 Å². The van der Waals surface area contributed by atoms with Crippen LogP contribution in [0.1, 0.15) is 18.4 Å². The lowest BCUT2D eigenvalue weighted by molar-refractivity contribution is -0.402. The molecule has 2 heterocycles. The van der Waals surface area contributed by atoms with Gasteiger partial charge in [0.05, 0.1) is 11.8 Å². The number of furan rings is 1. The van der Waals surface area contributed by atoms with Crippen LogP contribution in [0.2, 0.25) is 0 Å². The second kappa shape index (κ2) is 5.79. The zero-order valence-corrected chi connectivity index (χ0v) is 10.6. The lowest BCUT2D eigenvalue weighted by atomic mass is 10.2. The van der Waals surface area contributed by atoms with Gasteiger partial charge >= 0.3 is 5.88 Å². The Kier molecular flexibility index (Phi) is 3.90. The Balaban J connectivity index is 2.14. The molecule has 0 unspecified atom stereocenters. The molecule has 20 heavy (non-hydrogen) atoms. The van der Waals surface area contributed by atoms with Gasteiger partial charge < -0.3 is 9.73 Å². The number of nitro groups is 1. The van der Waals surface area contributed by atoms with Gasteiger partial charge in [-0.3, -0.25) is 19.9 Å². The third-order valence-electron chi connectivity index (χ3n) is 2.31. The highest BCUT2D eigenvalue weighted by molar-refractivity contribution is 5.88. The number of pyridine rings is 1. The molecule has 1 amide bonds. The molecule has 7 nitrogen and oxygen atoms in total. The lowest BCUT2D eigenvalue weighted by Crippen LogP contribution is -2.05. The first kappa shape index (κ1) is 13.5. The van der Waals surface area contributed by atoms with Crippen molar-refractivity contribution >= 4 is 29.6 Å². The number of rotatable bonds is 4. The van der Waals surface area contributed by atoms with Gasteiger partial charge in [-0.2, -0.15) is 0 Å². The third-order valence-corrected chi connectivity index (χ3v) is 2.31. The van der Waals surface area contributed by atoms with Crippen molar-refractivity contribution in [2.75, 3.05) is 5.32 Å². The number of carbonyl (C=O) groups is 1. The Labute approximate surface area is 114 Å². The first-order valence-electron chi connectivity index (χ1n) is 5.70. The van der Waals surface area contributed by atoms with E-state index in [1.807, 2.05) is 0 Å². The molecule has 0 aromatic carbocycles. The minimum atomic E-state index is -0.604. The molecule has 0 fully saturated rings. The molecule has 102 valence electrons. The number of nitrogens with one attached hydrogen (secondary N) is 1. The molecule has 2 aromatic heterocycles. The van der Waals surface area contributed by atoms with E-state index >= 15 is 0 Å². The van der Waals surface area contributed by atoms with E-state index in [1.165, 1.54) is 19.1 Å². The van der Waals surface area contributed by atoms with Crippen molar-refractivity contribution in [3.8, 4) is 0 Å². The number of amides is 1. The van der Waals surface area contributed by atoms with Crippen molar-refractivity contribution in [2.45, 2.75) is 6.92 Å². The van der Waals surface area contributed by atoms with Crippen LogP contribution in [0, 0.1) is 10.1 Å². The topological polar surface area (TPSA) is 98.3 Å². The summed E-state index contributed by atoms with van der Waals surface area (Å²) >= 11 is 0. The molecule has 0 atom stereocenters. The van der Waals surface area contributed by atoms with E-state index in [0.717, 1.165) is 0 Å². The molecule has 0 saturated heterocycles. The number of carbonyl (C=O) groups excluding carboxylic acids is 1. The van der Waals surface area contributed by atoms with Crippen molar-refractivity contribution in [3.05, 3.63) is 52.0 Å². The quantitative estimate of drug-likeness (QED) is 0.682. The van der Waals surface area contributed by atoms with E-state index in [9.17, 15) is 14.9 Å². The monoisotopic (exact) mass is 273 g/mol. The first-order chi connectivity index (χ1) is 9.54. The average molecular weight is 273 g/mol. The van der Waals surface area contributed by atoms with Gasteiger partial charge in [0.1, 0.15) is 10.7 Å².